The number of hydrogen-bond donors (Lipinski definition) is 2. The van der Waals surface area contributed by atoms with Gasteiger partial charge in [0.2, 0.25) is 5.76 Å². The van der Waals surface area contributed by atoms with Gasteiger partial charge in [-0.25, -0.2) is 18.0 Å². The van der Waals surface area contributed by atoms with Crippen molar-refractivity contribution in [2.45, 2.75) is 13.2 Å². The first-order valence-corrected chi connectivity index (χ1v) is 9.59. The molecule has 0 radical (unpaired) electrons. The number of halogens is 3. The van der Waals surface area contributed by atoms with Crippen molar-refractivity contribution in [1.82, 2.24) is 0 Å². The Morgan fingerprint density at radius 1 is 0.818 bits per heavy atom. The number of aliphatic hydroxyl groups excluding tert-OH is 1. The van der Waals surface area contributed by atoms with E-state index in [0.717, 1.165) is 17.0 Å². The summed E-state index contributed by atoms with van der Waals surface area (Å²) < 4.78 is 46.1. The van der Waals surface area contributed by atoms with Crippen LogP contribution in [0.3, 0.4) is 0 Å². The Morgan fingerprint density at radius 2 is 1.36 bits per heavy atom. The number of benzene rings is 3. The van der Waals surface area contributed by atoms with Crippen LogP contribution >= 0.6 is 0 Å². The minimum atomic E-state index is -1.71. The van der Waals surface area contributed by atoms with Gasteiger partial charge in [-0.05, 0) is 47.5 Å². The number of amides is 1. The molecule has 3 aromatic carbocycles. The van der Waals surface area contributed by atoms with Crippen LogP contribution in [0.4, 0.5) is 18.9 Å². The molecule has 0 bridgehead atoms. The minimum absolute atomic E-state index is 0.0574. The molecule has 0 spiro atoms. The van der Waals surface area contributed by atoms with E-state index in [9.17, 15) is 27.9 Å². The van der Waals surface area contributed by atoms with Crippen molar-refractivity contribution in [2.75, 3.05) is 4.90 Å². The summed E-state index contributed by atoms with van der Waals surface area (Å²) in [6, 6.07) is 14.0. The second-order valence-electron chi connectivity index (χ2n) is 6.91. The number of hydrogen-bond acceptors (Lipinski definition) is 4. The van der Waals surface area contributed by atoms with E-state index in [4.69, 9.17) is 9.84 Å². The molecular weight excluding hydrogens is 439 g/mol. The maximum Gasteiger partial charge on any atom is 0.371 e. The molecule has 1 amide bonds. The molecule has 0 aliphatic rings. The quantitative estimate of drug-likeness (QED) is 0.377. The third kappa shape index (κ3) is 6.36. The Morgan fingerprint density at radius 3 is 1.94 bits per heavy atom. The molecule has 0 heterocycles. The number of aliphatic hydroxyl groups is 1. The average Bonchev–Trinajstić information content (AvgIpc) is 2.78. The fourth-order valence-electron chi connectivity index (χ4n) is 2.88. The van der Waals surface area contributed by atoms with Gasteiger partial charge in [-0.15, -0.1) is 0 Å². The molecule has 0 saturated carbocycles. The van der Waals surface area contributed by atoms with Crippen LogP contribution in [0.25, 0.3) is 0 Å². The van der Waals surface area contributed by atoms with Crippen LogP contribution in [0.15, 0.2) is 78.6 Å². The third-order valence-corrected chi connectivity index (χ3v) is 4.52. The summed E-state index contributed by atoms with van der Waals surface area (Å²) in [5, 5.41) is 18.4. The van der Waals surface area contributed by atoms with Gasteiger partial charge < -0.3 is 19.8 Å². The molecule has 0 unspecified atom stereocenters. The fraction of sp³-hybridized carbons (Fsp3) is 0.0833. The molecule has 0 aromatic heterocycles. The van der Waals surface area contributed by atoms with E-state index in [0.29, 0.717) is 17.2 Å². The van der Waals surface area contributed by atoms with Crippen LogP contribution in [0, 0.1) is 17.5 Å². The largest absolute Gasteiger partial charge is 0.502 e. The molecule has 9 heteroatoms. The summed E-state index contributed by atoms with van der Waals surface area (Å²) in [6.45, 7) is -0.243. The average molecular weight is 457 g/mol. The summed E-state index contributed by atoms with van der Waals surface area (Å²) in [6.07, 6.45) is 0.499. The van der Waals surface area contributed by atoms with E-state index in [1.807, 2.05) is 0 Å². The molecular formula is C24H18F3NO5. The Kier molecular flexibility index (Phi) is 7.34. The first-order valence-electron chi connectivity index (χ1n) is 9.59. The monoisotopic (exact) mass is 457 g/mol. The number of ether oxygens (including phenoxy) is 1. The molecule has 170 valence electrons. The molecule has 0 saturated heterocycles. The van der Waals surface area contributed by atoms with Crippen LogP contribution in [-0.2, 0) is 22.7 Å². The van der Waals surface area contributed by atoms with Gasteiger partial charge >= 0.3 is 5.97 Å². The van der Waals surface area contributed by atoms with E-state index in [1.165, 1.54) is 54.6 Å². The molecule has 3 aromatic rings. The topological polar surface area (TPSA) is 87.1 Å². The Hall–Kier alpha value is -4.27. The van der Waals surface area contributed by atoms with Crippen molar-refractivity contribution in [2.24, 2.45) is 0 Å². The number of rotatable bonds is 8. The minimum Gasteiger partial charge on any atom is -0.502 e. The Balaban J connectivity index is 1.98. The molecule has 6 nitrogen and oxygen atoms in total. The number of aliphatic carboxylic acids is 1. The highest BCUT2D eigenvalue weighted by molar-refractivity contribution is 6.05. The van der Waals surface area contributed by atoms with Crippen molar-refractivity contribution >= 4 is 17.6 Å². The highest BCUT2D eigenvalue weighted by atomic mass is 19.1. The zero-order valence-electron chi connectivity index (χ0n) is 17.0. The van der Waals surface area contributed by atoms with Gasteiger partial charge in [-0.3, -0.25) is 4.79 Å². The molecule has 0 aliphatic heterocycles. The standard InChI is InChI=1S/C24H18F3NO5/c25-17-5-1-15(2-6-17)13-28(23(30)12-21(29)24(31)32)20-10-9-19(27)11-22(20)33-14-16-3-7-18(26)8-4-16/h1-12,29H,13-14H2,(H,31,32). The first-order chi connectivity index (χ1) is 15.7. The number of nitrogens with zero attached hydrogens (tertiary/aromatic N) is 1. The second kappa shape index (κ2) is 10.4. The van der Waals surface area contributed by atoms with Gasteiger partial charge in [0.25, 0.3) is 5.91 Å². The smallest absolute Gasteiger partial charge is 0.371 e. The van der Waals surface area contributed by atoms with E-state index in [-0.39, 0.29) is 24.6 Å². The summed E-state index contributed by atoms with van der Waals surface area (Å²) >= 11 is 0. The molecule has 0 fully saturated rings. The maximum atomic E-state index is 14.0. The van der Waals surface area contributed by atoms with Crippen LogP contribution in [0.5, 0.6) is 5.75 Å². The molecule has 3 rings (SSSR count). The van der Waals surface area contributed by atoms with Crippen molar-refractivity contribution in [3.05, 3.63) is 107 Å². The van der Waals surface area contributed by atoms with Gasteiger partial charge in [0.1, 0.15) is 29.8 Å². The van der Waals surface area contributed by atoms with E-state index in [2.05, 4.69) is 0 Å². The lowest BCUT2D eigenvalue weighted by molar-refractivity contribution is -0.135. The lowest BCUT2D eigenvalue weighted by Crippen LogP contribution is -2.30. The lowest BCUT2D eigenvalue weighted by atomic mass is 10.1. The van der Waals surface area contributed by atoms with Gasteiger partial charge in [0.15, 0.2) is 0 Å². The Bertz CT molecular complexity index is 1180. The molecule has 0 aliphatic carbocycles. The van der Waals surface area contributed by atoms with E-state index < -0.39 is 35.1 Å². The van der Waals surface area contributed by atoms with Crippen molar-refractivity contribution in [1.29, 1.82) is 0 Å². The Labute approximate surface area is 186 Å². The molecule has 0 atom stereocenters. The predicted molar refractivity (Wildman–Crippen MR) is 113 cm³/mol. The van der Waals surface area contributed by atoms with Gasteiger partial charge in [-0.2, -0.15) is 0 Å². The first kappa shape index (κ1) is 23.4. The van der Waals surface area contributed by atoms with E-state index >= 15 is 0 Å². The van der Waals surface area contributed by atoms with Crippen molar-refractivity contribution in [3.8, 4) is 5.75 Å². The number of carboxylic acids is 1. The SMILES string of the molecule is O=C(O)C(O)=CC(=O)N(Cc1ccc(F)cc1)c1ccc(F)cc1OCc1ccc(F)cc1. The summed E-state index contributed by atoms with van der Waals surface area (Å²) in [5.41, 5.74) is 1.12. The summed E-state index contributed by atoms with van der Waals surface area (Å²) in [5.74, 6) is -5.49. The second-order valence-corrected chi connectivity index (χ2v) is 6.91. The predicted octanol–water partition coefficient (Wildman–Crippen LogP) is 4.74. The zero-order chi connectivity index (χ0) is 24.0. The van der Waals surface area contributed by atoms with Crippen LogP contribution in [0.2, 0.25) is 0 Å². The number of anilines is 1. The zero-order valence-corrected chi connectivity index (χ0v) is 17.0. The van der Waals surface area contributed by atoms with Gasteiger partial charge in [-0.1, -0.05) is 24.3 Å². The van der Waals surface area contributed by atoms with Crippen LogP contribution < -0.4 is 9.64 Å². The lowest BCUT2D eigenvalue weighted by Gasteiger charge is -2.24. The number of carbonyl (C=O) groups excluding carboxylic acids is 1. The maximum absolute atomic E-state index is 14.0. The van der Waals surface area contributed by atoms with Crippen molar-refractivity contribution in [3.63, 3.8) is 0 Å². The third-order valence-electron chi connectivity index (χ3n) is 4.52. The van der Waals surface area contributed by atoms with E-state index in [1.54, 1.807) is 0 Å². The number of carboxylic acid groups (broad SMARTS) is 1. The summed E-state index contributed by atoms with van der Waals surface area (Å²) in [7, 11) is 0. The normalized spacial score (nSPS) is 11.2. The fourth-order valence-corrected chi connectivity index (χ4v) is 2.88. The summed E-state index contributed by atoms with van der Waals surface area (Å²) in [4.78, 5) is 24.8. The van der Waals surface area contributed by atoms with Crippen molar-refractivity contribution < 1.29 is 37.7 Å². The van der Waals surface area contributed by atoms with Crippen LogP contribution in [0.1, 0.15) is 11.1 Å². The molecule has 33 heavy (non-hydrogen) atoms. The highest BCUT2D eigenvalue weighted by Gasteiger charge is 2.21. The van der Waals surface area contributed by atoms with Gasteiger partial charge in [0.05, 0.1) is 18.3 Å². The van der Waals surface area contributed by atoms with Crippen LogP contribution in [-0.4, -0.2) is 22.1 Å². The highest BCUT2D eigenvalue weighted by Crippen LogP contribution is 2.32. The number of carbonyl (C=O) groups is 2. The molecule has 2 N–H and O–H groups in total. The van der Waals surface area contributed by atoms with Gasteiger partial charge in [0, 0.05) is 6.07 Å².